The lowest BCUT2D eigenvalue weighted by atomic mass is 9.78. The number of hydroxylamine groups is 10. The molecule has 0 N–H and O–H groups in total. The maximum atomic E-state index is 6.96. The van der Waals surface area contributed by atoms with Crippen molar-refractivity contribution in [1.82, 2.24) is 70.2 Å². The highest BCUT2D eigenvalue weighted by Crippen LogP contribution is 2.50. The van der Waals surface area contributed by atoms with Crippen LogP contribution in [0.2, 0.25) is 0 Å². The zero-order valence-corrected chi connectivity index (χ0v) is 100. The zero-order valence-electron chi connectivity index (χ0n) is 100. The molecule has 5 saturated heterocycles. The molecule has 0 bridgehead atoms. The highest BCUT2D eigenvalue weighted by Gasteiger charge is 2.55. The first-order valence-corrected chi connectivity index (χ1v) is 60.0. The number of rotatable bonds is 70. The van der Waals surface area contributed by atoms with Crippen LogP contribution in [0, 0.1) is 0 Å². The Morgan fingerprint density at radius 3 is 0.438 bits per heavy atom. The van der Waals surface area contributed by atoms with Crippen LogP contribution in [0.5, 0.6) is 0 Å². The summed E-state index contributed by atoms with van der Waals surface area (Å²) in [7, 11) is 0. The third-order valence-corrected chi connectivity index (χ3v) is 31.5. The van der Waals surface area contributed by atoms with Gasteiger partial charge in [-0.3, -0.25) is 24.2 Å². The van der Waals surface area contributed by atoms with Gasteiger partial charge in [-0.05, 0) is 318 Å². The van der Waals surface area contributed by atoms with E-state index in [1.807, 2.05) is 0 Å². The summed E-state index contributed by atoms with van der Waals surface area (Å²) in [6, 6.07) is 0.509. The number of nitrogens with zero attached hydrogens (tertiary/aromatic N) is 23. The third kappa shape index (κ3) is 36.0. The molecule has 146 heavy (non-hydrogen) atoms. The summed E-state index contributed by atoms with van der Waals surface area (Å²) in [5.41, 5.74) is -3.02. The Hall–Kier alpha value is -5.17. The minimum atomic E-state index is -0.338. The molecule has 5 aliphatic rings. The molecular weight excluding hydrogens is 1820 g/mol. The standard InChI is InChI=1S/C117H225N23O5.CH4/c1-35-49-66-127(67-50-36-2)99-118-100(128(68-51-37-3)69-52-38-4)121-103(120-99)132(95-86-110(19,20)137(142-80-45-11)111(21,22)87-95)75-62-58-60-64-77-134(97-90-114(27,28)139(144-82-47-13)115(29,30)91-97)106-124-105(131(74-57-43-9)94-84-108(15,16)136(141-79-44-10)109(17,18)85-94)125-107(126-106)135(98-92-116(31,32)140(145-83-48-14)117(33,34)93-98)78-65-61-59-63-76-133(96-88-112(23,24)138(143-81-46-12)113(25,26)89-96)104-122-101(129(70-53-39-5)71-54-40-6)119-102(123-104)130(72-55-41-7)73-56-42-8;/h94-98H,35-93H2,1-34H3;1H4. The van der Waals surface area contributed by atoms with E-state index >= 15 is 0 Å². The Bertz CT molecular complexity index is 3690. The molecule has 28 nitrogen and oxygen atoms in total. The van der Waals surface area contributed by atoms with Crippen molar-refractivity contribution in [3.8, 4) is 0 Å². The lowest BCUT2D eigenvalue weighted by Gasteiger charge is -2.56. The first kappa shape index (κ1) is 128. The minimum absolute atomic E-state index is 0. The number of anilines is 9. The highest BCUT2D eigenvalue weighted by molar-refractivity contribution is 5.52. The fourth-order valence-corrected chi connectivity index (χ4v) is 25.5. The molecular formula is C118H229N23O5. The maximum absolute atomic E-state index is 6.96. The monoisotopic (exact) mass is 2050 g/mol. The van der Waals surface area contributed by atoms with Crippen LogP contribution in [0.15, 0.2) is 0 Å². The fraction of sp³-hybridized carbons (Fsp3) is 0.924. The van der Waals surface area contributed by atoms with E-state index in [1.165, 1.54) is 0 Å². The number of piperidine rings is 5. The molecule has 8 heterocycles. The summed E-state index contributed by atoms with van der Waals surface area (Å²) in [5.74, 6) is 7.33. The van der Waals surface area contributed by atoms with Gasteiger partial charge in [0, 0.05) is 171 Å². The van der Waals surface area contributed by atoms with Crippen LogP contribution >= 0.6 is 0 Å². The van der Waals surface area contributed by atoms with Crippen molar-refractivity contribution in [2.24, 2.45) is 0 Å². The lowest BCUT2D eigenvalue weighted by molar-refractivity contribution is -0.282. The largest absolute Gasteiger partial charge is 0.341 e. The van der Waals surface area contributed by atoms with Crippen molar-refractivity contribution in [2.45, 2.75) is 592 Å². The number of hydrogen-bond acceptors (Lipinski definition) is 28. The van der Waals surface area contributed by atoms with Crippen LogP contribution < -0.4 is 44.1 Å². The molecule has 0 aliphatic carbocycles. The van der Waals surface area contributed by atoms with Crippen molar-refractivity contribution in [3.05, 3.63) is 0 Å². The van der Waals surface area contributed by atoms with Crippen molar-refractivity contribution in [3.63, 3.8) is 0 Å². The molecule has 846 valence electrons. The molecule has 0 radical (unpaired) electrons. The molecule has 0 atom stereocenters. The van der Waals surface area contributed by atoms with E-state index in [4.69, 9.17) is 69.0 Å². The van der Waals surface area contributed by atoms with Crippen LogP contribution in [0.3, 0.4) is 0 Å². The van der Waals surface area contributed by atoms with E-state index in [0.717, 1.165) is 402 Å². The summed E-state index contributed by atoms with van der Waals surface area (Å²) < 4.78 is 0. The van der Waals surface area contributed by atoms with Crippen LogP contribution in [-0.2, 0) is 24.2 Å². The number of hydrogen-bond donors (Lipinski definition) is 0. The van der Waals surface area contributed by atoms with Crippen molar-refractivity contribution < 1.29 is 24.2 Å². The lowest BCUT2D eigenvalue weighted by Crippen LogP contribution is -2.65. The van der Waals surface area contributed by atoms with Gasteiger partial charge in [-0.2, -0.15) is 70.2 Å². The maximum Gasteiger partial charge on any atom is 0.232 e. The minimum Gasteiger partial charge on any atom is -0.341 e. The molecule has 3 aromatic heterocycles. The van der Waals surface area contributed by atoms with E-state index in [9.17, 15) is 0 Å². The van der Waals surface area contributed by atoms with Gasteiger partial charge >= 0.3 is 0 Å². The van der Waals surface area contributed by atoms with Gasteiger partial charge in [-0.1, -0.05) is 188 Å². The van der Waals surface area contributed by atoms with Gasteiger partial charge < -0.3 is 44.1 Å². The van der Waals surface area contributed by atoms with E-state index in [0.29, 0.717) is 33.0 Å². The van der Waals surface area contributed by atoms with Crippen molar-refractivity contribution >= 4 is 53.5 Å². The van der Waals surface area contributed by atoms with E-state index in [2.05, 4.69) is 305 Å². The third-order valence-electron chi connectivity index (χ3n) is 31.5. The summed E-state index contributed by atoms with van der Waals surface area (Å²) in [5, 5.41) is 11.8. The first-order valence-electron chi connectivity index (χ1n) is 60.0. The Morgan fingerprint density at radius 1 is 0.178 bits per heavy atom. The second kappa shape index (κ2) is 60.1. The average molecular weight is 2050 g/mol. The van der Waals surface area contributed by atoms with Gasteiger partial charge in [-0.15, -0.1) is 0 Å². The van der Waals surface area contributed by atoms with Gasteiger partial charge in [-0.25, -0.2) is 0 Å². The molecule has 0 unspecified atom stereocenters. The molecule has 3 aromatic rings. The molecule has 5 fully saturated rings. The van der Waals surface area contributed by atoms with Crippen molar-refractivity contribution in [2.75, 3.05) is 162 Å². The van der Waals surface area contributed by atoms with Gasteiger partial charge in [0.1, 0.15) is 0 Å². The van der Waals surface area contributed by atoms with E-state index < -0.39 is 0 Å². The topological polar surface area (TPSA) is 208 Å². The van der Waals surface area contributed by atoms with Crippen LogP contribution in [0.1, 0.15) is 506 Å². The normalized spacial score (nSPS) is 19.8. The summed E-state index contributed by atoms with van der Waals surface area (Å²) >= 11 is 0. The Balaban J connectivity index is 0.0000289. The fourth-order valence-electron chi connectivity index (χ4n) is 25.5. The molecule has 8 rings (SSSR count). The van der Waals surface area contributed by atoms with Gasteiger partial charge in [0.15, 0.2) is 0 Å². The summed E-state index contributed by atoms with van der Waals surface area (Å²) in [4.78, 5) is 111. The Morgan fingerprint density at radius 2 is 0.301 bits per heavy atom. The number of unbranched alkanes of at least 4 members (excludes halogenated alkanes) is 15. The summed E-state index contributed by atoms with van der Waals surface area (Å²) in [6.45, 7) is 94.9. The molecule has 0 amide bonds. The molecule has 0 spiro atoms. The van der Waals surface area contributed by atoms with Gasteiger partial charge in [0.2, 0.25) is 53.5 Å². The number of aromatic nitrogens is 9. The molecule has 0 saturated carbocycles. The van der Waals surface area contributed by atoms with Crippen LogP contribution in [0.25, 0.3) is 0 Å². The Labute approximate surface area is 896 Å². The predicted molar refractivity (Wildman–Crippen MR) is 619 cm³/mol. The molecule has 0 aromatic carbocycles. The average Bonchev–Trinajstić information content (AvgIpc) is 0.752. The SMILES string of the molecule is C.CCCCN(CCCC)c1nc(N(CCCC)CCCC)nc(N(CCCCCCN(c2nc(N(CCCC)C3CC(C)(C)N(OCCC)C(C)(C)C3)nc(N(CCCCCCN(c3nc(N(CCCC)CCCC)nc(N(CCCC)CCCC)n3)C3CC(C)(C)N(OCCC)C(C)(C)C3)C3CC(C)(C)N(OCCC)C(C)(C)C3)n2)C2CC(C)(C)N(OCCC)C(C)(C)C2)C2CC(C)(C)N(OCCC)C(C)(C)C2)n1. The van der Waals surface area contributed by atoms with Gasteiger partial charge in [0.05, 0.1) is 33.0 Å². The summed E-state index contributed by atoms with van der Waals surface area (Å²) in [6.07, 6.45) is 41.1. The molecule has 5 aliphatic heterocycles. The van der Waals surface area contributed by atoms with E-state index in [1.54, 1.807) is 0 Å². The first-order chi connectivity index (χ1) is 68.8. The van der Waals surface area contributed by atoms with E-state index in [-0.39, 0.29) is 93.0 Å². The second-order valence-corrected chi connectivity index (χ2v) is 50.7. The second-order valence-electron chi connectivity index (χ2n) is 50.7. The van der Waals surface area contributed by atoms with Crippen LogP contribution in [-0.4, -0.2) is 274 Å². The highest BCUT2D eigenvalue weighted by atomic mass is 16.7. The molecule has 28 heteroatoms. The van der Waals surface area contributed by atoms with Crippen molar-refractivity contribution in [1.29, 1.82) is 0 Å². The Kier molecular flexibility index (Phi) is 52.5. The quantitative estimate of drug-likeness (QED) is 0.0481. The predicted octanol–water partition coefficient (Wildman–Crippen LogP) is 27.7. The zero-order chi connectivity index (χ0) is 107. The van der Waals surface area contributed by atoms with Crippen LogP contribution in [0.4, 0.5) is 53.5 Å². The smallest absolute Gasteiger partial charge is 0.232 e. The van der Waals surface area contributed by atoms with Gasteiger partial charge in [0.25, 0.3) is 0 Å².